The highest BCUT2D eigenvalue weighted by molar-refractivity contribution is 4.70. The fourth-order valence-corrected chi connectivity index (χ4v) is 3.28. The second-order valence-corrected chi connectivity index (χ2v) is 6.79. The van der Waals surface area contributed by atoms with Gasteiger partial charge in [-0.2, -0.15) is 0 Å². The molecule has 0 amide bonds. The van der Waals surface area contributed by atoms with Crippen LogP contribution in [0.2, 0.25) is 0 Å². The van der Waals surface area contributed by atoms with Gasteiger partial charge in [-0.25, -0.2) is 0 Å². The lowest BCUT2D eigenvalue weighted by atomic mass is 9.83. The second kappa shape index (κ2) is 9.83. The van der Waals surface area contributed by atoms with Crippen LogP contribution in [0.15, 0.2) is 0 Å². The van der Waals surface area contributed by atoms with E-state index in [1.807, 2.05) is 0 Å². The fraction of sp³-hybridized carbons (Fsp3) is 1.00. The van der Waals surface area contributed by atoms with E-state index < -0.39 is 0 Å². The van der Waals surface area contributed by atoms with Crippen molar-refractivity contribution >= 4 is 0 Å². The zero-order chi connectivity index (χ0) is 13.2. The molecule has 18 heavy (non-hydrogen) atoms. The van der Waals surface area contributed by atoms with Gasteiger partial charge in [0.15, 0.2) is 0 Å². The molecular weight excluding hydrogens is 218 g/mol. The zero-order valence-corrected chi connectivity index (χ0v) is 13.0. The van der Waals surface area contributed by atoms with Crippen LogP contribution in [-0.2, 0) is 0 Å². The summed E-state index contributed by atoms with van der Waals surface area (Å²) >= 11 is 0. The van der Waals surface area contributed by atoms with Gasteiger partial charge in [0.2, 0.25) is 0 Å². The summed E-state index contributed by atoms with van der Waals surface area (Å²) in [6.45, 7) is 9.35. The monoisotopic (exact) mass is 253 g/mol. The van der Waals surface area contributed by atoms with Crippen LogP contribution in [-0.4, -0.2) is 13.1 Å². The number of rotatable bonds is 9. The van der Waals surface area contributed by atoms with Crippen LogP contribution in [0.1, 0.15) is 78.6 Å². The van der Waals surface area contributed by atoms with E-state index in [-0.39, 0.29) is 0 Å². The first kappa shape index (κ1) is 16.0. The Labute approximate surface area is 115 Å². The molecule has 0 saturated heterocycles. The van der Waals surface area contributed by atoms with Crippen LogP contribution in [0.5, 0.6) is 0 Å². The van der Waals surface area contributed by atoms with E-state index in [2.05, 4.69) is 26.1 Å². The highest BCUT2D eigenvalue weighted by Crippen LogP contribution is 2.29. The Bertz CT molecular complexity index is 182. The normalized spacial score (nSPS) is 19.3. The molecule has 0 spiro atoms. The summed E-state index contributed by atoms with van der Waals surface area (Å²) in [5.41, 5.74) is 0. The molecule has 1 fully saturated rings. The third-order valence-corrected chi connectivity index (χ3v) is 4.39. The lowest BCUT2D eigenvalue weighted by Gasteiger charge is -2.24. The van der Waals surface area contributed by atoms with Crippen LogP contribution in [0.25, 0.3) is 0 Å². The van der Waals surface area contributed by atoms with Gasteiger partial charge in [-0.05, 0) is 43.7 Å². The van der Waals surface area contributed by atoms with Gasteiger partial charge in [0.1, 0.15) is 0 Å². The Morgan fingerprint density at radius 3 is 2.33 bits per heavy atom. The maximum atomic E-state index is 3.66. The highest BCUT2D eigenvalue weighted by atomic mass is 14.9. The van der Waals surface area contributed by atoms with Gasteiger partial charge in [-0.15, -0.1) is 0 Å². The minimum Gasteiger partial charge on any atom is -0.316 e. The van der Waals surface area contributed by atoms with Gasteiger partial charge in [0, 0.05) is 0 Å². The van der Waals surface area contributed by atoms with E-state index in [0.717, 1.165) is 17.8 Å². The molecule has 1 rings (SSSR count). The highest BCUT2D eigenvalue weighted by Gasteiger charge is 2.15. The van der Waals surface area contributed by atoms with Crippen LogP contribution < -0.4 is 5.32 Å². The minimum atomic E-state index is 0.783. The quantitative estimate of drug-likeness (QED) is 0.609. The third-order valence-electron chi connectivity index (χ3n) is 4.39. The average Bonchev–Trinajstić information content (AvgIpc) is 2.37. The fourth-order valence-electron chi connectivity index (χ4n) is 3.28. The topological polar surface area (TPSA) is 12.0 Å². The Kier molecular flexibility index (Phi) is 8.75. The van der Waals surface area contributed by atoms with E-state index in [1.165, 1.54) is 70.9 Å². The molecule has 1 unspecified atom stereocenters. The van der Waals surface area contributed by atoms with E-state index in [9.17, 15) is 0 Å². The maximum absolute atomic E-state index is 3.66. The molecule has 108 valence electrons. The number of hydrogen-bond donors (Lipinski definition) is 1. The van der Waals surface area contributed by atoms with Gasteiger partial charge in [0.25, 0.3) is 0 Å². The molecule has 1 nitrogen and oxygen atoms in total. The first-order valence-corrected chi connectivity index (χ1v) is 8.43. The van der Waals surface area contributed by atoms with Crippen molar-refractivity contribution in [3.05, 3.63) is 0 Å². The van der Waals surface area contributed by atoms with Crippen molar-refractivity contribution in [2.45, 2.75) is 78.6 Å². The molecule has 1 N–H and O–H groups in total. The minimum absolute atomic E-state index is 0.783. The van der Waals surface area contributed by atoms with E-state index in [4.69, 9.17) is 0 Å². The van der Waals surface area contributed by atoms with Crippen molar-refractivity contribution in [3.8, 4) is 0 Å². The lowest BCUT2D eigenvalue weighted by Crippen LogP contribution is -2.27. The summed E-state index contributed by atoms with van der Waals surface area (Å²) in [4.78, 5) is 0. The van der Waals surface area contributed by atoms with Crippen LogP contribution in [0.3, 0.4) is 0 Å². The molecule has 1 atom stereocenters. The standard InChI is InChI=1S/C17H35N/c1-4-8-17(14-18-13-15(2)3)12-11-16-9-6-5-7-10-16/h15-18H,4-14H2,1-3H3. The van der Waals surface area contributed by atoms with Crippen molar-refractivity contribution in [1.29, 1.82) is 0 Å². The summed E-state index contributed by atoms with van der Waals surface area (Å²) in [5, 5.41) is 3.66. The number of nitrogens with one attached hydrogen (secondary N) is 1. The molecule has 0 aromatic carbocycles. The SMILES string of the molecule is CCCC(CCC1CCCCC1)CNCC(C)C. The van der Waals surface area contributed by atoms with Gasteiger partial charge >= 0.3 is 0 Å². The summed E-state index contributed by atoms with van der Waals surface area (Å²) < 4.78 is 0. The van der Waals surface area contributed by atoms with Crippen LogP contribution >= 0.6 is 0 Å². The number of hydrogen-bond acceptors (Lipinski definition) is 1. The molecule has 0 aromatic heterocycles. The molecule has 0 heterocycles. The molecule has 1 aliphatic rings. The molecule has 1 saturated carbocycles. The predicted molar refractivity (Wildman–Crippen MR) is 81.9 cm³/mol. The second-order valence-electron chi connectivity index (χ2n) is 6.79. The zero-order valence-electron chi connectivity index (χ0n) is 13.0. The smallest absolute Gasteiger partial charge is 0.00204 e. The van der Waals surface area contributed by atoms with Gasteiger partial charge in [-0.3, -0.25) is 0 Å². The first-order chi connectivity index (χ1) is 8.72. The van der Waals surface area contributed by atoms with Crippen LogP contribution in [0, 0.1) is 17.8 Å². The van der Waals surface area contributed by atoms with Crippen LogP contribution in [0.4, 0.5) is 0 Å². The van der Waals surface area contributed by atoms with Gasteiger partial charge in [0.05, 0.1) is 0 Å². The molecule has 0 aromatic rings. The Morgan fingerprint density at radius 2 is 1.72 bits per heavy atom. The molecule has 0 aliphatic heterocycles. The Balaban J connectivity index is 2.15. The van der Waals surface area contributed by atoms with Gasteiger partial charge in [-0.1, -0.05) is 65.7 Å². The van der Waals surface area contributed by atoms with Crippen molar-refractivity contribution < 1.29 is 0 Å². The Morgan fingerprint density at radius 1 is 1.00 bits per heavy atom. The Hall–Kier alpha value is -0.0400. The van der Waals surface area contributed by atoms with Crippen molar-refractivity contribution in [3.63, 3.8) is 0 Å². The van der Waals surface area contributed by atoms with E-state index in [0.29, 0.717) is 0 Å². The summed E-state index contributed by atoms with van der Waals surface area (Å²) in [7, 11) is 0. The molecule has 0 bridgehead atoms. The third kappa shape index (κ3) is 7.41. The molecular formula is C17H35N. The van der Waals surface area contributed by atoms with E-state index in [1.54, 1.807) is 0 Å². The average molecular weight is 253 g/mol. The predicted octanol–water partition coefficient (Wildman–Crippen LogP) is 5.01. The molecule has 0 radical (unpaired) electrons. The largest absolute Gasteiger partial charge is 0.316 e. The summed E-state index contributed by atoms with van der Waals surface area (Å²) in [6, 6.07) is 0. The van der Waals surface area contributed by atoms with Crippen molar-refractivity contribution in [2.75, 3.05) is 13.1 Å². The van der Waals surface area contributed by atoms with Crippen molar-refractivity contribution in [2.24, 2.45) is 17.8 Å². The van der Waals surface area contributed by atoms with Crippen molar-refractivity contribution in [1.82, 2.24) is 5.32 Å². The maximum Gasteiger partial charge on any atom is -0.00204 e. The summed E-state index contributed by atoms with van der Waals surface area (Å²) in [5.74, 6) is 2.77. The first-order valence-electron chi connectivity index (χ1n) is 8.43. The van der Waals surface area contributed by atoms with E-state index >= 15 is 0 Å². The molecule has 1 aliphatic carbocycles. The lowest BCUT2D eigenvalue weighted by molar-refractivity contribution is 0.295. The summed E-state index contributed by atoms with van der Waals surface area (Å²) in [6.07, 6.45) is 13.2. The molecule has 1 heteroatoms. The van der Waals surface area contributed by atoms with Gasteiger partial charge < -0.3 is 5.32 Å².